The molecular formula is C64H112N2. The molecule has 2 aromatic rings. The first-order valence-electron chi connectivity index (χ1n) is 30.0. The molecule has 0 heterocycles. The number of unbranched alkanes of at least 4 members (excludes halogenated alkanes) is 32. The Morgan fingerprint density at radius 1 is 0.242 bits per heavy atom. The summed E-state index contributed by atoms with van der Waals surface area (Å²) in [6.07, 6.45) is 58.5. The fourth-order valence-electron chi connectivity index (χ4n) is 9.97. The van der Waals surface area contributed by atoms with Gasteiger partial charge in [-0.2, -0.15) is 0 Å². The molecule has 0 spiro atoms. The molecule has 0 fully saturated rings. The molecule has 0 radical (unpaired) electrons. The van der Waals surface area contributed by atoms with Crippen LogP contribution in [0.5, 0.6) is 0 Å². The molecule has 66 heavy (non-hydrogen) atoms. The summed E-state index contributed by atoms with van der Waals surface area (Å²) >= 11 is 0. The van der Waals surface area contributed by atoms with Crippen molar-refractivity contribution in [1.82, 2.24) is 0 Å². The zero-order chi connectivity index (χ0) is 47.4. The first-order chi connectivity index (χ1) is 32.6. The highest BCUT2D eigenvalue weighted by Crippen LogP contribution is 2.27. The van der Waals surface area contributed by atoms with Crippen LogP contribution in [0, 0.1) is 0 Å². The zero-order valence-corrected chi connectivity index (χ0v) is 45.5. The highest BCUT2D eigenvalue weighted by Gasteiger charge is 2.13. The minimum absolute atomic E-state index is 1.02. The maximum absolute atomic E-state index is 5.69. The van der Waals surface area contributed by atoms with E-state index in [0.717, 1.165) is 38.5 Å². The predicted octanol–water partition coefficient (Wildman–Crippen LogP) is 22.4. The van der Waals surface area contributed by atoms with Crippen LogP contribution in [-0.4, -0.2) is 11.4 Å². The largest absolute Gasteiger partial charge is 0.252 e. The summed E-state index contributed by atoms with van der Waals surface area (Å²) in [5, 5.41) is 0. The Morgan fingerprint density at radius 2 is 0.439 bits per heavy atom. The Labute approximate surface area is 413 Å². The van der Waals surface area contributed by atoms with E-state index >= 15 is 0 Å². The molecule has 2 aromatic carbocycles. The van der Waals surface area contributed by atoms with Gasteiger partial charge < -0.3 is 0 Å². The normalized spacial score (nSPS) is 12.2. The molecule has 2 nitrogen and oxygen atoms in total. The molecule has 0 saturated carbocycles. The maximum atomic E-state index is 5.69. The van der Waals surface area contributed by atoms with Crippen LogP contribution in [0.15, 0.2) is 46.4 Å². The van der Waals surface area contributed by atoms with E-state index in [9.17, 15) is 0 Å². The van der Waals surface area contributed by atoms with Crippen molar-refractivity contribution in [2.75, 3.05) is 0 Å². The molecule has 0 saturated heterocycles. The molecule has 0 aliphatic heterocycles. The van der Waals surface area contributed by atoms with Gasteiger partial charge in [-0.1, -0.05) is 259 Å². The SMILES string of the molecule is CCCCCCCCCCCCCCCCCCCCCCCCCC(=Nc1cc(CCCCC)cc(CCCCC)c1)C(CCCCC)=Nc1cc(CCCCC)cc(CCCCC)c1. The van der Waals surface area contributed by atoms with Gasteiger partial charge in [0.25, 0.3) is 0 Å². The van der Waals surface area contributed by atoms with Gasteiger partial charge in [0.15, 0.2) is 0 Å². The molecule has 378 valence electrons. The Morgan fingerprint density at radius 3 is 0.697 bits per heavy atom. The second kappa shape index (κ2) is 44.0. The number of aryl methyl sites for hydroxylation is 4. The Bertz CT molecular complexity index is 1390. The fraction of sp³-hybridized carbons (Fsp3) is 0.781. The molecule has 0 N–H and O–H groups in total. The van der Waals surface area contributed by atoms with E-state index in [4.69, 9.17) is 9.98 Å². The molecule has 0 amide bonds. The van der Waals surface area contributed by atoms with Crippen LogP contribution in [0.1, 0.15) is 321 Å². The van der Waals surface area contributed by atoms with E-state index in [1.54, 1.807) is 0 Å². The van der Waals surface area contributed by atoms with Gasteiger partial charge in [-0.25, -0.2) is 0 Å². The zero-order valence-electron chi connectivity index (χ0n) is 45.5. The van der Waals surface area contributed by atoms with Crippen LogP contribution < -0.4 is 0 Å². The summed E-state index contributed by atoms with van der Waals surface area (Å²) in [5.41, 5.74) is 10.8. The third-order valence-corrected chi connectivity index (χ3v) is 14.2. The van der Waals surface area contributed by atoms with Crippen molar-refractivity contribution in [3.63, 3.8) is 0 Å². The van der Waals surface area contributed by atoms with Crippen LogP contribution in [-0.2, 0) is 25.7 Å². The van der Waals surface area contributed by atoms with Crippen LogP contribution in [0.3, 0.4) is 0 Å². The van der Waals surface area contributed by atoms with Crippen molar-refractivity contribution in [3.8, 4) is 0 Å². The van der Waals surface area contributed by atoms with Gasteiger partial charge in [0.2, 0.25) is 0 Å². The molecular weight excluding hydrogens is 797 g/mol. The lowest BCUT2D eigenvalue weighted by molar-refractivity contribution is 0.518. The minimum atomic E-state index is 1.02. The van der Waals surface area contributed by atoms with Crippen LogP contribution in [0.2, 0.25) is 0 Å². The lowest BCUT2D eigenvalue weighted by Crippen LogP contribution is -2.14. The van der Waals surface area contributed by atoms with Gasteiger partial charge in [0, 0.05) is 0 Å². The topological polar surface area (TPSA) is 24.7 Å². The summed E-state index contributed by atoms with van der Waals surface area (Å²) in [5.74, 6) is 0. The smallest absolute Gasteiger partial charge is 0.0639 e. The van der Waals surface area contributed by atoms with Gasteiger partial charge >= 0.3 is 0 Å². The van der Waals surface area contributed by atoms with E-state index in [1.807, 2.05) is 0 Å². The van der Waals surface area contributed by atoms with Gasteiger partial charge in [0.05, 0.1) is 22.8 Å². The molecule has 2 rings (SSSR count). The predicted molar refractivity (Wildman–Crippen MR) is 301 cm³/mol. The number of aliphatic imine (C=N–C) groups is 2. The van der Waals surface area contributed by atoms with Crippen molar-refractivity contribution >= 4 is 22.8 Å². The molecule has 0 aliphatic rings. The van der Waals surface area contributed by atoms with Crippen molar-refractivity contribution in [1.29, 1.82) is 0 Å². The van der Waals surface area contributed by atoms with Gasteiger partial charge in [-0.05, 0) is 124 Å². The van der Waals surface area contributed by atoms with Crippen molar-refractivity contribution < 1.29 is 0 Å². The summed E-state index contributed by atoms with van der Waals surface area (Å²) < 4.78 is 0. The molecule has 2 heteroatoms. The lowest BCUT2D eigenvalue weighted by Gasteiger charge is -2.14. The van der Waals surface area contributed by atoms with E-state index < -0.39 is 0 Å². The average molecular weight is 910 g/mol. The van der Waals surface area contributed by atoms with Crippen LogP contribution >= 0.6 is 0 Å². The summed E-state index contributed by atoms with van der Waals surface area (Å²) in [7, 11) is 0. The fourth-order valence-corrected chi connectivity index (χ4v) is 9.97. The molecule has 0 unspecified atom stereocenters. The Balaban J connectivity index is 2.08. The molecule has 0 aliphatic carbocycles. The molecule has 0 atom stereocenters. The van der Waals surface area contributed by atoms with E-state index in [0.29, 0.717) is 0 Å². The molecule has 0 aromatic heterocycles. The highest BCUT2D eigenvalue weighted by molar-refractivity contribution is 6.43. The van der Waals surface area contributed by atoms with Crippen molar-refractivity contribution in [3.05, 3.63) is 58.7 Å². The standard InChI is InChI=1S/C64H112N2/c1-7-13-19-20-21-22-23-24-25-26-27-28-29-30-31-32-33-34-35-36-37-38-44-50-64(66-62-55-59(47-41-16-10-4)52-60(56-62)48-42-17-11-5)63(49-43-18-12-6)65-61-53-57(45-39-14-8-2)51-58(54-61)46-40-15-9-3/h51-56H,7-50H2,1-6H3. The maximum Gasteiger partial charge on any atom is 0.0639 e. The monoisotopic (exact) mass is 909 g/mol. The third-order valence-electron chi connectivity index (χ3n) is 14.2. The quantitative estimate of drug-likeness (QED) is 0.0467. The molecule has 0 bridgehead atoms. The number of nitrogens with zero attached hydrogens (tertiary/aromatic N) is 2. The average Bonchev–Trinajstić information content (AvgIpc) is 3.31. The second-order valence-corrected chi connectivity index (χ2v) is 20.9. The second-order valence-electron chi connectivity index (χ2n) is 20.9. The van der Waals surface area contributed by atoms with Gasteiger partial charge in [-0.15, -0.1) is 0 Å². The van der Waals surface area contributed by atoms with E-state index in [2.05, 4.69) is 77.9 Å². The van der Waals surface area contributed by atoms with Crippen molar-refractivity contribution in [2.45, 2.75) is 324 Å². The number of hydrogen-bond acceptors (Lipinski definition) is 2. The first-order valence-corrected chi connectivity index (χ1v) is 30.0. The first kappa shape index (κ1) is 59.9. The van der Waals surface area contributed by atoms with Gasteiger partial charge in [-0.3, -0.25) is 9.98 Å². The van der Waals surface area contributed by atoms with Crippen LogP contribution in [0.25, 0.3) is 0 Å². The summed E-state index contributed by atoms with van der Waals surface area (Å²) in [4.78, 5) is 11.4. The summed E-state index contributed by atoms with van der Waals surface area (Å²) in [6.45, 7) is 13.9. The highest BCUT2D eigenvalue weighted by atomic mass is 14.8. The van der Waals surface area contributed by atoms with E-state index in [1.165, 1.54) is 289 Å². The minimum Gasteiger partial charge on any atom is -0.252 e. The Kier molecular flexibility index (Phi) is 40.0. The van der Waals surface area contributed by atoms with Gasteiger partial charge in [0.1, 0.15) is 0 Å². The Hall–Kier alpha value is -2.22. The third kappa shape index (κ3) is 32.5. The van der Waals surface area contributed by atoms with Crippen LogP contribution in [0.4, 0.5) is 11.4 Å². The lowest BCUT2D eigenvalue weighted by atomic mass is 9.98. The summed E-state index contributed by atoms with van der Waals surface area (Å²) in [6, 6.07) is 14.7. The van der Waals surface area contributed by atoms with E-state index in [-0.39, 0.29) is 0 Å². The number of hydrogen-bond donors (Lipinski definition) is 0. The number of rotatable bonds is 47. The number of benzene rings is 2. The van der Waals surface area contributed by atoms with Crippen molar-refractivity contribution in [2.24, 2.45) is 9.98 Å².